The molecule has 0 saturated carbocycles. The zero-order valence-corrected chi connectivity index (χ0v) is 14.8. The molecule has 2 aromatic carbocycles. The number of benzene rings is 2. The molecule has 3 aromatic rings. The molecule has 2 N–H and O–H groups in total. The molecular formula is C19H23N3O3. The molecule has 0 radical (unpaired) electrons. The van der Waals surface area contributed by atoms with E-state index in [1.54, 1.807) is 14.2 Å². The summed E-state index contributed by atoms with van der Waals surface area (Å²) in [6.07, 6.45) is 0. The summed E-state index contributed by atoms with van der Waals surface area (Å²) in [5.41, 5.74) is 2.14. The number of carbonyl (C=O) groups excluding carboxylic acids is 1. The van der Waals surface area contributed by atoms with Gasteiger partial charge in [-0.3, -0.25) is 0 Å². The Labute approximate surface area is 146 Å². The van der Waals surface area contributed by atoms with Gasteiger partial charge in [0.2, 0.25) is 0 Å². The van der Waals surface area contributed by atoms with E-state index in [0.29, 0.717) is 19.6 Å². The summed E-state index contributed by atoms with van der Waals surface area (Å²) in [5.74, 6) is 1.61. The van der Waals surface area contributed by atoms with Crippen molar-refractivity contribution in [1.29, 1.82) is 0 Å². The van der Waals surface area contributed by atoms with Gasteiger partial charge in [0, 0.05) is 42.5 Å². The van der Waals surface area contributed by atoms with E-state index >= 15 is 0 Å². The fraction of sp³-hybridized carbons (Fsp3) is 0.316. The third kappa shape index (κ3) is 3.33. The highest BCUT2D eigenvalue weighted by Crippen LogP contribution is 2.33. The van der Waals surface area contributed by atoms with Crippen molar-refractivity contribution in [1.82, 2.24) is 15.2 Å². The number of methoxy groups -OCH3 is 2. The summed E-state index contributed by atoms with van der Waals surface area (Å²) in [6.45, 7) is 3.68. The lowest BCUT2D eigenvalue weighted by Crippen LogP contribution is -2.36. The lowest BCUT2D eigenvalue weighted by Gasteiger charge is -2.10. The minimum atomic E-state index is -0.154. The highest BCUT2D eigenvalue weighted by molar-refractivity contribution is 6.08. The first kappa shape index (κ1) is 17.0. The summed E-state index contributed by atoms with van der Waals surface area (Å²) in [5, 5.41) is 7.91. The first-order valence-electron chi connectivity index (χ1n) is 8.33. The average Bonchev–Trinajstić information content (AvgIpc) is 2.94. The molecule has 0 aliphatic carbocycles. The lowest BCUT2D eigenvalue weighted by atomic mass is 10.1. The van der Waals surface area contributed by atoms with Crippen molar-refractivity contribution < 1.29 is 14.3 Å². The lowest BCUT2D eigenvalue weighted by molar-refractivity contribution is 0.241. The Morgan fingerprint density at radius 1 is 0.960 bits per heavy atom. The number of hydrogen-bond acceptors (Lipinski definition) is 3. The molecule has 132 valence electrons. The summed E-state index contributed by atoms with van der Waals surface area (Å²) in [7, 11) is 3.32. The Bertz CT molecular complexity index is 840. The summed E-state index contributed by atoms with van der Waals surface area (Å²) in [6, 6.07) is 11.9. The number of carbonyl (C=O) groups is 1. The number of aromatic nitrogens is 1. The van der Waals surface area contributed by atoms with Gasteiger partial charge in [0.25, 0.3) is 0 Å². The first-order chi connectivity index (χ1) is 12.2. The normalized spacial score (nSPS) is 10.8. The number of fused-ring (bicyclic) bond motifs is 3. The van der Waals surface area contributed by atoms with Crippen LogP contribution < -0.4 is 20.1 Å². The molecule has 0 bridgehead atoms. The molecule has 2 amide bonds. The minimum Gasteiger partial charge on any atom is -0.497 e. The fourth-order valence-corrected chi connectivity index (χ4v) is 3.05. The molecule has 3 rings (SSSR count). The quantitative estimate of drug-likeness (QED) is 0.724. The SMILES string of the molecule is CCNC(=O)NCCn1c2cc(OC)ccc2c2ccc(OC)cc21. The zero-order valence-electron chi connectivity index (χ0n) is 14.8. The van der Waals surface area contributed by atoms with Gasteiger partial charge >= 0.3 is 6.03 Å². The van der Waals surface area contributed by atoms with Crippen LogP contribution in [0.3, 0.4) is 0 Å². The Hall–Kier alpha value is -2.89. The van der Waals surface area contributed by atoms with Crippen LogP contribution in [0.1, 0.15) is 6.92 Å². The molecule has 0 aliphatic heterocycles. The van der Waals surface area contributed by atoms with E-state index in [9.17, 15) is 4.79 Å². The van der Waals surface area contributed by atoms with Crippen molar-refractivity contribution in [3.05, 3.63) is 36.4 Å². The maximum absolute atomic E-state index is 11.6. The second-order valence-electron chi connectivity index (χ2n) is 5.70. The number of nitrogens with one attached hydrogen (secondary N) is 2. The Kier molecular flexibility index (Phi) is 4.97. The number of amides is 2. The van der Waals surface area contributed by atoms with E-state index in [1.165, 1.54) is 0 Å². The summed E-state index contributed by atoms with van der Waals surface area (Å²) < 4.78 is 12.9. The van der Waals surface area contributed by atoms with Crippen molar-refractivity contribution in [3.63, 3.8) is 0 Å². The van der Waals surface area contributed by atoms with Crippen LogP contribution in [0.2, 0.25) is 0 Å². The van der Waals surface area contributed by atoms with Crippen LogP contribution in [-0.2, 0) is 6.54 Å². The monoisotopic (exact) mass is 341 g/mol. The van der Waals surface area contributed by atoms with Gasteiger partial charge in [0.05, 0.1) is 25.3 Å². The van der Waals surface area contributed by atoms with Gasteiger partial charge in [-0.2, -0.15) is 0 Å². The maximum atomic E-state index is 11.6. The predicted molar refractivity (Wildman–Crippen MR) is 99.6 cm³/mol. The summed E-state index contributed by atoms with van der Waals surface area (Å²) in [4.78, 5) is 11.6. The van der Waals surface area contributed by atoms with Crippen LogP contribution in [-0.4, -0.2) is 37.9 Å². The van der Waals surface area contributed by atoms with Gasteiger partial charge in [-0.1, -0.05) is 0 Å². The number of hydrogen-bond donors (Lipinski definition) is 2. The van der Waals surface area contributed by atoms with Crippen molar-refractivity contribution in [2.75, 3.05) is 27.3 Å². The third-order valence-electron chi connectivity index (χ3n) is 4.24. The first-order valence-corrected chi connectivity index (χ1v) is 8.33. The van der Waals surface area contributed by atoms with Crippen LogP contribution in [0.25, 0.3) is 21.8 Å². The van der Waals surface area contributed by atoms with E-state index in [-0.39, 0.29) is 6.03 Å². The van der Waals surface area contributed by atoms with Gasteiger partial charge in [-0.25, -0.2) is 4.79 Å². The van der Waals surface area contributed by atoms with E-state index in [2.05, 4.69) is 27.3 Å². The van der Waals surface area contributed by atoms with Crippen LogP contribution >= 0.6 is 0 Å². The molecule has 0 unspecified atom stereocenters. The molecule has 25 heavy (non-hydrogen) atoms. The highest BCUT2D eigenvalue weighted by atomic mass is 16.5. The molecular weight excluding hydrogens is 318 g/mol. The maximum Gasteiger partial charge on any atom is 0.314 e. The van der Waals surface area contributed by atoms with E-state index in [0.717, 1.165) is 33.3 Å². The molecule has 0 aliphatic rings. The van der Waals surface area contributed by atoms with Crippen molar-refractivity contribution >= 4 is 27.8 Å². The topological polar surface area (TPSA) is 64.5 Å². The molecule has 0 saturated heterocycles. The van der Waals surface area contributed by atoms with E-state index < -0.39 is 0 Å². The molecule has 0 fully saturated rings. The Balaban J connectivity index is 2.03. The van der Waals surface area contributed by atoms with Crippen molar-refractivity contribution in [2.45, 2.75) is 13.5 Å². The largest absolute Gasteiger partial charge is 0.497 e. The number of rotatable bonds is 6. The summed E-state index contributed by atoms with van der Waals surface area (Å²) >= 11 is 0. The Morgan fingerprint density at radius 2 is 1.52 bits per heavy atom. The second-order valence-corrected chi connectivity index (χ2v) is 5.70. The van der Waals surface area contributed by atoms with Crippen molar-refractivity contribution in [2.24, 2.45) is 0 Å². The molecule has 0 spiro atoms. The second kappa shape index (κ2) is 7.34. The zero-order chi connectivity index (χ0) is 17.8. The Morgan fingerprint density at radius 3 is 2.00 bits per heavy atom. The standard InChI is InChI=1S/C19H23N3O3/c1-4-20-19(23)21-9-10-22-17-11-13(24-2)5-7-15(17)16-8-6-14(25-3)12-18(16)22/h5-8,11-12H,4,9-10H2,1-3H3,(H2,20,21,23). The van der Waals surface area contributed by atoms with Gasteiger partial charge in [-0.15, -0.1) is 0 Å². The van der Waals surface area contributed by atoms with Crippen molar-refractivity contribution in [3.8, 4) is 11.5 Å². The molecule has 1 heterocycles. The van der Waals surface area contributed by atoms with Gasteiger partial charge in [0.1, 0.15) is 11.5 Å². The average molecular weight is 341 g/mol. The van der Waals surface area contributed by atoms with Crippen LogP contribution in [0, 0.1) is 0 Å². The highest BCUT2D eigenvalue weighted by Gasteiger charge is 2.12. The van der Waals surface area contributed by atoms with Crippen LogP contribution in [0.4, 0.5) is 4.79 Å². The van der Waals surface area contributed by atoms with Crippen LogP contribution in [0.15, 0.2) is 36.4 Å². The fourth-order valence-electron chi connectivity index (χ4n) is 3.05. The van der Waals surface area contributed by atoms with Gasteiger partial charge < -0.3 is 24.7 Å². The minimum absolute atomic E-state index is 0.154. The van der Waals surface area contributed by atoms with Gasteiger partial charge in [-0.05, 0) is 31.2 Å². The molecule has 0 atom stereocenters. The molecule has 1 aromatic heterocycles. The smallest absolute Gasteiger partial charge is 0.314 e. The number of ether oxygens (including phenoxy) is 2. The third-order valence-corrected chi connectivity index (χ3v) is 4.24. The van der Waals surface area contributed by atoms with E-state index in [1.807, 2.05) is 31.2 Å². The van der Waals surface area contributed by atoms with Crippen LogP contribution in [0.5, 0.6) is 11.5 Å². The van der Waals surface area contributed by atoms with E-state index in [4.69, 9.17) is 9.47 Å². The van der Waals surface area contributed by atoms with Gasteiger partial charge in [0.15, 0.2) is 0 Å². The molecule has 6 nitrogen and oxygen atoms in total. The molecule has 6 heteroatoms. The predicted octanol–water partition coefficient (Wildman–Crippen LogP) is 3.13. The number of urea groups is 1. The number of nitrogens with zero attached hydrogens (tertiary/aromatic N) is 1.